The number of fused-ring (bicyclic) bond motifs is 2. The van der Waals surface area contributed by atoms with Crippen LogP contribution in [0.5, 0.6) is 11.5 Å². The molecule has 0 aliphatic carbocycles. The number of nitrogens with zero attached hydrogens (tertiary/aromatic N) is 1. The van der Waals surface area contributed by atoms with Crippen molar-refractivity contribution in [2.75, 3.05) is 66.1 Å². The van der Waals surface area contributed by atoms with Gasteiger partial charge in [-0.25, -0.2) is 4.98 Å². The number of hydrogen-bond acceptors (Lipinski definition) is 7. The minimum absolute atomic E-state index is 0.436. The van der Waals surface area contributed by atoms with Crippen molar-refractivity contribution in [1.29, 1.82) is 0 Å². The molecule has 166 valence electrons. The van der Waals surface area contributed by atoms with Crippen LogP contribution in [0.4, 0.5) is 0 Å². The Kier molecular flexibility index (Phi) is 8.15. The van der Waals surface area contributed by atoms with Crippen molar-refractivity contribution in [2.45, 2.75) is 0 Å². The second-order valence-electron chi connectivity index (χ2n) is 6.93. The van der Waals surface area contributed by atoms with Crippen LogP contribution >= 0.6 is 11.6 Å². The molecule has 1 aliphatic heterocycles. The summed E-state index contributed by atoms with van der Waals surface area (Å²) in [6.45, 7) is 4.92. The van der Waals surface area contributed by atoms with Gasteiger partial charge < -0.3 is 28.4 Å². The molecule has 1 aromatic heterocycles. The molecule has 0 saturated heterocycles. The van der Waals surface area contributed by atoms with Gasteiger partial charge in [0.15, 0.2) is 0 Å². The van der Waals surface area contributed by atoms with Crippen molar-refractivity contribution in [3.8, 4) is 11.5 Å². The maximum Gasteiger partial charge on any atom is 0.120 e. The van der Waals surface area contributed by atoms with Gasteiger partial charge in [0, 0.05) is 10.8 Å². The molecule has 8 heteroatoms. The van der Waals surface area contributed by atoms with E-state index in [-0.39, 0.29) is 0 Å². The summed E-state index contributed by atoms with van der Waals surface area (Å²) in [5.41, 5.74) is 1.63. The molecule has 0 radical (unpaired) electrons. The molecule has 4 bridgehead atoms. The lowest BCUT2D eigenvalue weighted by Gasteiger charge is -2.11. The molecular formula is C23H26ClNO6. The van der Waals surface area contributed by atoms with Gasteiger partial charge in [0.25, 0.3) is 0 Å². The average Bonchev–Trinajstić information content (AvgIpc) is 2.79. The Hall–Kier alpha value is -2.16. The number of rotatable bonds is 0. The van der Waals surface area contributed by atoms with Crippen LogP contribution in [-0.2, 0) is 18.9 Å². The van der Waals surface area contributed by atoms with Gasteiger partial charge in [-0.2, -0.15) is 0 Å². The van der Waals surface area contributed by atoms with Crippen molar-refractivity contribution in [1.82, 2.24) is 4.98 Å². The van der Waals surface area contributed by atoms with Crippen LogP contribution in [0, 0.1) is 0 Å². The molecule has 1 aliphatic rings. The average molecular weight is 448 g/mol. The van der Waals surface area contributed by atoms with Gasteiger partial charge in [0.05, 0.1) is 68.9 Å². The van der Waals surface area contributed by atoms with E-state index in [1.807, 2.05) is 36.4 Å². The second-order valence-corrected chi connectivity index (χ2v) is 7.31. The number of halogens is 1. The molecule has 31 heavy (non-hydrogen) atoms. The first-order valence-corrected chi connectivity index (χ1v) is 10.8. The predicted octanol–water partition coefficient (Wildman–Crippen LogP) is 3.88. The number of hydrogen-bond donors (Lipinski definition) is 0. The number of pyridine rings is 1. The third-order valence-corrected chi connectivity index (χ3v) is 5.17. The smallest absolute Gasteiger partial charge is 0.120 e. The quantitative estimate of drug-likeness (QED) is 0.484. The highest BCUT2D eigenvalue weighted by Gasteiger charge is 2.10. The third kappa shape index (κ3) is 6.18. The molecule has 0 atom stereocenters. The molecule has 0 saturated carbocycles. The van der Waals surface area contributed by atoms with Gasteiger partial charge in [-0.1, -0.05) is 11.6 Å². The number of ether oxygens (including phenoxy) is 6. The second kappa shape index (κ2) is 11.5. The molecule has 7 nitrogen and oxygen atoms in total. The lowest BCUT2D eigenvalue weighted by atomic mass is 10.1. The lowest BCUT2D eigenvalue weighted by Crippen LogP contribution is -2.14. The van der Waals surface area contributed by atoms with E-state index in [2.05, 4.69) is 0 Å². The SMILES string of the molecule is Clc1c2cc3ccc2nc2ccc(cc12)OCCOCCOCCOCCOCCO3. The zero-order valence-electron chi connectivity index (χ0n) is 17.3. The Morgan fingerprint density at radius 3 is 1.35 bits per heavy atom. The molecule has 2 heterocycles. The summed E-state index contributed by atoms with van der Waals surface area (Å²) < 4.78 is 33.6. The topological polar surface area (TPSA) is 68.3 Å². The van der Waals surface area contributed by atoms with Crippen molar-refractivity contribution in [3.63, 3.8) is 0 Å². The Morgan fingerprint density at radius 2 is 0.935 bits per heavy atom. The Morgan fingerprint density at radius 1 is 0.548 bits per heavy atom. The summed E-state index contributed by atoms with van der Waals surface area (Å²) in [5.74, 6) is 1.44. The lowest BCUT2D eigenvalue weighted by molar-refractivity contribution is -0.00698. The summed E-state index contributed by atoms with van der Waals surface area (Å²) in [6.07, 6.45) is 0. The Bertz CT molecular complexity index is 923. The fourth-order valence-electron chi connectivity index (χ4n) is 3.23. The van der Waals surface area contributed by atoms with Crippen molar-refractivity contribution >= 4 is 33.4 Å². The van der Waals surface area contributed by atoms with E-state index in [1.165, 1.54) is 0 Å². The van der Waals surface area contributed by atoms with Crippen LogP contribution in [0.2, 0.25) is 5.02 Å². The van der Waals surface area contributed by atoms with E-state index < -0.39 is 0 Å². The summed E-state index contributed by atoms with van der Waals surface area (Å²) in [6, 6.07) is 11.4. The molecule has 0 N–H and O–H groups in total. The molecule has 0 unspecified atom stereocenters. The summed E-state index contributed by atoms with van der Waals surface area (Å²) >= 11 is 6.73. The normalized spacial score (nSPS) is 17.8. The zero-order valence-corrected chi connectivity index (χ0v) is 18.1. The van der Waals surface area contributed by atoms with Gasteiger partial charge >= 0.3 is 0 Å². The van der Waals surface area contributed by atoms with Gasteiger partial charge in [-0.05, 0) is 36.4 Å². The first kappa shape index (κ1) is 22.0. The molecule has 4 rings (SSSR count). The van der Waals surface area contributed by atoms with E-state index in [9.17, 15) is 0 Å². The third-order valence-electron chi connectivity index (χ3n) is 4.76. The summed E-state index contributed by atoms with van der Waals surface area (Å²) in [4.78, 5) is 4.71. The first-order valence-electron chi connectivity index (χ1n) is 10.4. The number of aromatic nitrogens is 1. The van der Waals surface area contributed by atoms with Gasteiger partial charge in [0.1, 0.15) is 24.7 Å². The van der Waals surface area contributed by atoms with E-state index in [1.54, 1.807) is 0 Å². The van der Waals surface area contributed by atoms with Crippen molar-refractivity contribution < 1.29 is 28.4 Å². The minimum atomic E-state index is 0.436. The monoisotopic (exact) mass is 447 g/mol. The van der Waals surface area contributed by atoms with Gasteiger partial charge in [0.2, 0.25) is 0 Å². The molecule has 0 fully saturated rings. The molecule has 0 amide bonds. The van der Waals surface area contributed by atoms with E-state index in [0.717, 1.165) is 33.3 Å². The Labute approximate surface area is 186 Å². The van der Waals surface area contributed by atoms with E-state index in [0.29, 0.717) is 71.1 Å². The highest BCUT2D eigenvalue weighted by Crippen LogP contribution is 2.34. The predicted molar refractivity (Wildman–Crippen MR) is 119 cm³/mol. The highest BCUT2D eigenvalue weighted by molar-refractivity contribution is 6.40. The van der Waals surface area contributed by atoms with Crippen LogP contribution < -0.4 is 9.47 Å². The maximum absolute atomic E-state index is 6.73. The largest absolute Gasteiger partial charge is 0.491 e. The maximum atomic E-state index is 6.73. The van der Waals surface area contributed by atoms with Crippen molar-refractivity contribution in [2.24, 2.45) is 0 Å². The van der Waals surface area contributed by atoms with Gasteiger partial charge in [-0.3, -0.25) is 0 Å². The summed E-state index contributed by atoms with van der Waals surface area (Å²) in [5, 5.41) is 2.29. The van der Waals surface area contributed by atoms with Crippen LogP contribution in [-0.4, -0.2) is 71.1 Å². The molecule has 3 aromatic rings. The summed E-state index contributed by atoms with van der Waals surface area (Å²) in [7, 11) is 0. The molecule has 0 spiro atoms. The number of benzene rings is 2. The standard InChI is InChI=1S/C23H26ClNO6/c24-23-19-15-17-1-3-21(19)25-22-4-2-18(16-20(22)23)31-14-12-29-10-8-27-6-5-26-7-9-28-11-13-30-17/h1-4,15-16H,5-14H2. The minimum Gasteiger partial charge on any atom is -0.491 e. The zero-order chi connectivity index (χ0) is 21.3. The fourth-order valence-corrected chi connectivity index (χ4v) is 3.53. The van der Waals surface area contributed by atoms with Gasteiger partial charge in [-0.15, -0.1) is 0 Å². The highest BCUT2D eigenvalue weighted by atomic mass is 35.5. The van der Waals surface area contributed by atoms with E-state index in [4.69, 9.17) is 45.0 Å². The first-order chi connectivity index (χ1) is 15.3. The van der Waals surface area contributed by atoms with Crippen LogP contribution in [0.15, 0.2) is 36.4 Å². The Balaban J connectivity index is 1.51. The van der Waals surface area contributed by atoms with E-state index >= 15 is 0 Å². The van der Waals surface area contributed by atoms with Crippen molar-refractivity contribution in [3.05, 3.63) is 41.4 Å². The van der Waals surface area contributed by atoms with Crippen LogP contribution in [0.25, 0.3) is 21.8 Å². The molecular weight excluding hydrogens is 422 g/mol. The van der Waals surface area contributed by atoms with Crippen LogP contribution in [0.3, 0.4) is 0 Å². The van der Waals surface area contributed by atoms with Crippen LogP contribution in [0.1, 0.15) is 0 Å². The fraction of sp³-hybridized carbons (Fsp3) is 0.435. The molecule has 2 aromatic carbocycles.